The van der Waals surface area contributed by atoms with Gasteiger partial charge in [-0.05, 0) is 35.7 Å². The first-order valence-corrected chi connectivity index (χ1v) is 11.9. The lowest BCUT2D eigenvalue weighted by atomic mass is 10.0. The predicted octanol–water partition coefficient (Wildman–Crippen LogP) is 5.85. The molecule has 4 nitrogen and oxygen atoms in total. The van der Waals surface area contributed by atoms with Gasteiger partial charge in [-0.3, -0.25) is 10.1 Å². The lowest BCUT2D eigenvalue weighted by molar-refractivity contribution is -0.113. The molecule has 1 saturated carbocycles. The number of benzene rings is 2. The number of carbonyl (C=O) groups is 1. The van der Waals surface area contributed by atoms with Crippen molar-refractivity contribution in [2.75, 3.05) is 11.1 Å². The Morgan fingerprint density at radius 3 is 2.74 bits per heavy atom. The van der Waals surface area contributed by atoms with E-state index in [2.05, 4.69) is 45.8 Å². The van der Waals surface area contributed by atoms with Gasteiger partial charge >= 0.3 is 0 Å². The molecule has 4 rings (SSSR count). The summed E-state index contributed by atoms with van der Waals surface area (Å²) in [5.41, 5.74) is 0. The van der Waals surface area contributed by atoms with Gasteiger partial charge in [0.2, 0.25) is 11.0 Å². The Morgan fingerprint density at radius 1 is 1.07 bits per heavy atom. The molecule has 1 amide bonds. The monoisotopic (exact) mass is 415 g/mol. The third kappa shape index (κ3) is 5.24. The Morgan fingerprint density at radius 2 is 1.89 bits per heavy atom. The number of aromatic nitrogens is 2. The highest BCUT2D eigenvalue weighted by Crippen LogP contribution is 2.36. The summed E-state index contributed by atoms with van der Waals surface area (Å²) in [5, 5.41) is 14.9. The van der Waals surface area contributed by atoms with Crippen molar-refractivity contribution in [3.8, 4) is 0 Å². The number of nitrogens with one attached hydrogen (secondary N) is 1. The molecular formula is C20H21N3OS3. The van der Waals surface area contributed by atoms with Gasteiger partial charge in [0.1, 0.15) is 0 Å². The van der Waals surface area contributed by atoms with Crippen LogP contribution in [0.1, 0.15) is 32.1 Å². The Hall–Kier alpha value is -1.57. The van der Waals surface area contributed by atoms with Crippen molar-refractivity contribution in [2.24, 2.45) is 0 Å². The van der Waals surface area contributed by atoms with Crippen LogP contribution in [0.4, 0.5) is 5.13 Å². The van der Waals surface area contributed by atoms with E-state index in [0.29, 0.717) is 16.1 Å². The molecule has 0 saturated heterocycles. The largest absolute Gasteiger partial charge is 0.300 e. The highest BCUT2D eigenvalue weighted by atomic mass is 32.2. The average Bonchev–Trinajstić information content (AvgIpc) is 3.13. The molecule has 7 heteroatoms. The molecule has 0 atom stereocenters. The summed E-state index contributed by atoms with van der Waals surface area (Å²) in [6, 6.07) is 14.5. The van der Waals surface area contributed by atoms with E-state index in [1.54, 1.807) is 0 Å². The fraction of sp³-hybridized carbons (Fsp3) is 0.350. The topological polar surface area (TPSA) is 54.9 Å². The first-order chi connectivity index (χ1) is 13.3. The molecule has 140 valence electrons. The summed E-state index contributed by atoms with van der Waals surface area (Å²) < 4.78 is 0.958. The summed E-state index contributed by atoms with van der Waals surface area (Å²) in [7, 11) is 0. The molecule has 0 unspecified atom stereocenters. The number of anilines is 1. The van der Waals surface area contributed by atoms with Gasteiger partial charge in [0, 0.05) is 10.1 Å². The van der Waals surface area contributed by atoms with E-state index in [4.69, 9.17) is 0 Å². The maximum Gasteiger partial charge on any atom is 0.236 e. The molecular weight excluding hydrogens is 394 g/mol. The van der Waals surface area contributed by atoms with Gasteiger partial charge in [0.25, 0.3) is 0 Å². The zero-order chi connectivity index (χ0) is 18.5. The normalized spacial score (nSPS) is 15.1. The van der Waals surface area contributed by atoms with Gasteiger partial charge in [-0.15, -0.1) is 22.0 Å². The quantitative estimate of drug-likeness (QED) is 0.404. The van der Waals surface area contributed by atoms with E-state index in [1.807, 2.05) is 23.9 Å². The van der Waals surface area contributed by atoms with E-state index < -0.39 is 0 Å². The minimum Gasteiger partial charge on any atom is -0.300 e. The van der Waals surface area contributed by atoms with Crippen LogP contribution in [0.15, 0.2) is 51.7 Å². The summed E-state index contributed by atoms with van der Waals surface area (Å²) in [6.45, 7) is 0. The number of thioether (sulfide) groups is 2. The highest BCUT2D eigenvalue weighted by Gasteiger charge is 2.17. The van der Waals surface area contributed by atoms with Crippen molar-refractivity contribution in [3.05, 3.63) is 42.5 Å². The third-order valence-corrected chi connectivity index (χ3v) is 7.82. The van der Waals surface area contributed by atoms with Crippen molar-refractivity contribution in [1.82, 2.24) is 10.2 Å². The van der Waals surface area contributed by atoms with Gasteiger partial charge in [0.05, 0.1) is 5.75 Å². The van der Waals surface area contributed by atoms with Crippen molar-refractivity contribution < 1.29 is 4.79 Å². The molecule has 3 aromatic rings. The fourth-order valence-corrected chi connectivity index (χ4v) is 6.21. The second-order valence-electron chi connectivity index (χ2n) is 6.60. The van der Waals surface area contributed by atoms with Gasteiger partial charge in [-0.1, -0.05) is 72.7 Å². The van der Waals surface area contributed by atoms with Gasteiger partial charge in [0.15, 0.2) is 4.34 Å². The van der Waals surface area contributed by atoms with Gasteiger partial charge < -0.3 is 0 Å². The van der Waals surface area contributed by atoms with Crippen LogP contribution in [0, 0.1) is 0 Å². The average molecular weight is 416 g/mol. The van der Waals surface area contributed by atoms with E-state index in [9.17, 15) is 4.79 Å². The summed E-state index contributed by atoms with van der Waals surface area (Å²) >= 11 is 4.83. The maximum atomic E-state index is 12.2. The number of fused-ring (bicyclic) bond motifs is 1. The molecule has 1 aliphatic carbocycles. The molecule has 27 heavy (non-hydrogen) atoms. The number of hydrogen-bond donors (Lipinski definition) is 1. The second-order valence-corrected chi connectivity index (χ2v) is 10.2. The zero-order valence-electron chi connectivity index (χ0n) is 14.9. The lowest BCUT2D eigenvalue weighted by Gasteiger charge is -2.19. The lowest BCUT2D eigenvalue weighted by Crippen LogP contribution is -2.13. The number of nitrogens with zero attached hydrogens (tertiary/aromatic N) is 2. The molecule has 0 aliphatic heterocycles. The fourth-order valence-electron chi connectivity index (χ4n) is 3.19. The van der Waals surface area contributed by atoms with Crippen molar-refractivity contribution in [1.29, 1.82) is 0 Å². The zero-order valence-corrected chi connectivity index (χ0v) is 17.3. The van der Waals surface area contributed by atoms with Crippen LogP contribution < -0.4 is 5.32 Å². The Bertz CT molecular complexity index is 921. The number of amides is 1. The van der Waals surface area contributed by atoms with Crippen LogP contribution in [-0.4, -0.2) is 27.1 Å². The highest BCUT2D eigenvalue weighted by molar-refractivity contribution is 8.01. The smallest absolute Gasteiger partial charge is 0.236 e. The minimum absolute atomic E-state index is 0.0430. The van der Waals surface area contributed by atoms with Crippen LogP contribution in [0.25, 0.3) is 10.8 Å². The van der Waals surface area contributed by atoms with Gasteiger partial charge in [-0.2, -0.15) is 0 Å². The summed E-state index contributed by atoms with van der Waals surface area (Å²) in [4.78, 5) is 13.3. The molecule has 1 fully saturated rings. The van der Waals surface area contributed by atoms with Crippen molar-refractivity contribution in [3.63, 3.8) is 0 Å². The minimum atomic E-state index is -0.0430. The Balaban J connectivity index is 1.28. The Kier molecular flexibility index (Phi) is 6.32. The van der Waals surface area contributed by atoms with Crippen LogP contribution in [0.2, 0.25) is 0 Å². The SMILES string of the molecule is O=C(CSc1ccc2ccccc2c1)Nc1nnc(SC2CCCCC2)s1. The molecule has 0 spiro atoms. The van der Waals surface area contributed by atoms with Crippen LogP contribution >= 0.6 is 34.9 Å². The summed E-state index contributed by atoms with van der Waals surface area (Å²) in [5.74, 6) is 0.321. The van der Waals surface area contributed by atoms with Crippen molar-refractivity contribution in [2.45, 2.75) is 46.6 Å². The number of carbonyl (C=O) groups excluding carboxylic acids is 1. The van der Waals surface area contributed by atoms with Crippen LogP contribution in [0.5, 0.6) is 0 Å². The van der Waals surface area contributed by atoms with E-state index >= 15 is 0 Å². The summed E-state index contributed by atoms with van der Waals surface area (Å²) in [6.07, 6.45) is 6.49. The van der Waals surface area contributed by atoms with Crippen LogP contribution in [-0.2, 0) is 4.79 Å². The van der Waals surface area contributed by atoms with Crippen LogP contribution in [0.3, 0.4) is 0 Å². The van der Waals surface area contributed by atoms with E-state index in [0.717, 1.165) is 9.24 Å². The second kappa shape index (κ2) is 9.08. The molecule has 2 aromatic carbocycles. The standard InChI is InChI=1S/C20H21N3OS3/c24-18(13-25-17-11-10-14-6-4-5-7-15(14)12-17)21-19-22-23-20(27-19)26-16-8-2-1-3-9-16/h4-7,10-12,16H,1-3,8-9,13H2,(H,21,22,24). The molecule has 1 aromatic heterocycles. The van der Waals surface area contributed by atoms with E-state index in [-0.39, 0.29) is 5.91 Å². The molecule has 0 radical (unpaired) electrons. The number of rotatable bonds is 6. The molecule has 0 bridgehead atoms. The Labute approximate surface area is 171 Å². The predicted molar refractivity (Wildman–Crippen MR) is 116 cm³/mol. The first kappa shape index (κ1) is 18.8. The number of hydrogen-bond acceptors (Lipinski definition) is 6. The molecule has 1 N–H and O–H groups in total. The van der Waals surface area contributed by atoms with E-state index in [1.165, 1.54) is 66.0 Å². The third-order valence-electron chi connectivity index (χ3n) is 4.56. The van der Waals surface area contributed by atoms with Gasteiger partial charge in [-0.25, -0.2) is 0 Å². The first-order valence-electron chi connectivity index (χ1n) is 9.18. The van der Waals surface area contributed by atoms with Crippen molar-refractivity contribution >= 4 is 56.7 Å². The molecule has 1 heterocycles. The molecule has 1 aliphatic rings. The maximum absolute atomic E-state index is 12.2.